The second-order valence-corrected chi connectivity index (χ2v) is 7.50. The van der Waals surface area contributed by atoms with Gasteiger partial charge in [0.1, 0.15) is 11.5 Å². The van der Waals surface area contributed by atoms with Gasteiger partial charge >= 0.3 is 0 Å². The van der Waals surface area contributed by atoms with Crippen LogP contribution >= 0.6 is 0 Å². The minimum atomic E-state index is 0.0342. The monoisotopic (exact) mass is 287 g/mol. The number of aryl methyl sites for hydroxylation is 1. The first kappa shape index (κ1) is 14.4. The summed E-state index contributed by atoms with van der Waals surface area (Å²) in [7, 11) is 0. The molecule has 1 fully saturated rings. The number of amides is 1. The van der Waals surface area contributed by atoms with Crippen LogP contribution in [0.25, 0.3) is 0 Å². The number of furan rings is 1. The Labute approximate surface area is 126 Å². The van der Waals surface area contributed by atoms with Crippen molar-refractivity contribution in [2.45, 2.75) is 59.4 Å². The summed E-state index contributed by atoms with van der Waals surface area (Å²) in [6, 6.07) is 2.14. The molecular formula is C18H25NO2. The molecule has 0 saturated heterocycles. The fourth-order valence-corrected chi connectivity index (χ4v) is 3.39. The number of rotatable bonds is 3. The van der Waals surface area contributed by atoms with Gasteiger partial charge in [0.15, 0.2) is 0 Å². The Bertz CT molecular complexity index is 590. The first-order valence-electron chi connectivity index (χ1n) is 7.92. The summed E-state index contributed by atoms with van der Waals surface area (Å²) in [5, 5.41) is 3.18. The molecule has 1 atom stereocenters. The molecule has 1 heterocycles. The lowest BCUT2D eigenvalue weighted by molar-refractivity contribution is -0.117. The van der Waals surface area contributed by atoms with Crippen molar-refractivity contribution in [3.8, 4) is 0 Å². The number of carbonyl (C=O) groups is 1. The fraction of sp³-hybridized carbons (Fsp3) is 0.611. The molecule has 0 aliphatic heterocycles. The molecule has 1 aromatic rings. The molecule has 1 N–H and O–H groups in total. The molecule has 3 heteroatoms. The van der Waals surface area contributed by atoms with Crippen molar-refractivity contribution in [3.05, 3.63) is 34.8 Å². The standard InChI is InChI=1S/C18H25NO2/c1-11(13-5-6-13)7-17(20)19-15-9-18(3,4)10-16-14(15)8-12(2)21-16/h7-8,13,15H,5-6,9-10H2,1-4H3,(H,19,20)/b11-7+/t15-/m0/s1. The van der Waals surface area contributed by atoms with E-state index >= 15 is 0 Å². The van der Waals surface area contributed by atoms with Crippen molar-refractivity contribution in [3.63, 3.8) is 0 Å². The topological polar surface area (TPSA) is 42.2 Å². The Morgan fingerprint density at radius 2 is 2.14 bits per heavy atom. The van der Waals surface area contributed by atoms with E-state index in [1.165, 1.54) is 18.4 Å². The maximum absolute atomic E-state index is 12.3. The molecule has 3 nitrogen and oxygen atoms in total. The van der Waals surface area contributed by atoms with Crippen LogP contribution in [0.2, 0.25) is 0 Å². The SMILES string of the molecule is C/C(=C\C(=O)N[C@H]1CC(C)(C)Cc2oc(C)cc21)C1CC1. The molecule has 2 aliphatic carbocycles. The Kier molecular flexibility index (Phi) is 3.46. The second kappa shape index (κ2) is 5.04. The summed E-state index contributed by atoms with van der Waals surface area (Å²) in [6.45, 7) is 8.51. The van der Waals surface area contributed by atoms with E-state index in [0.29, 0.717) is 5.92 Å². The maximum Gasteiger partial charge on any atom is 0.244 e. The zero-order valence-electron chi connectivity index (χ0n) is 13.5. The smallest absolute Gasteiger partial charge is 0.244 e. The van der Waals surface area contributed by atoms with Crippen molar-refractivity contribution in [1.29, 1.82) is 0 Å². The summed E-state index contributed by atoms with van der Waals surface area (Å²) < 4.78 is 5.82. The van der Waals surface area contributed by atoms with Crippen LogP contribution in [0, 0.1) is 18.3 Å². The highest BCUT2D eigenvalue weighted by Gasteiger charge is 2.35. The Morgan fingerprint density at radius 1 is 1.43 bits per heavy atom. The lowest BCUT2D eigenvalue weighted by Gasteiger charge is -2.34. The normalized spacial score (nSPS) is 24.6. The van der Waals surface area contributed by atoms with Gasteiger partial charge in [0, 0.05) is 18.1 Å². The summed E-state index contributed by atoms with van der Waals surface area (Å²) in [5.41, 5.74) is 2.54. The number of nitrogens with one attached hydrogen (secondary N) is 1. The maximum atomic E-state index is 12.3. The average Bonchev–Trinajstić information content (AvgIpc) is 3.11. The molecule has 0 aromatic carbocycles. The average molecular weight is 287 g/mol. The minimum Gasteiger partial charge on any atom is -0.466 e. The molecule has 0 spiro atoms. The molecule has 114 valence electrons. The van der Waals surface area contributed by atoms with Crippen LogP contribution in [-0.2, 0) is 11.2 Å². The lowest BCUT2D eigenvalue weighted by Crippen LogP contribution is -2.35. The number of allylic oxidation sites excluding steroid dienone is 1. The van der Waals surface area contributed by atoms with Gasteiger partial charge in [-0.3, -0.25) is 4.79 Å². The first-order chi connectivity index (χ1) is 9.84. The highest BCUT2D eigenvalue weighted by Crippen LogP contribution is 2.42. The van der Waals surface area contributed by atoms with Gasteiger partial charge in [-0.05, 0) is 50.5 Å². The molecule has 1 aromatic heterocycles. The predicted octanol–water partition coefficient (Wildman–Crippen LogP) is 4.07. The first-order valence-corrected chi connectivity index (χ1v) is 7.92. The van der Waals surface area contributed by atoms with E-state index in [-0.39, 0.29) is 17.4 Å². The van der Waals surface area contributed by atoms with Crippen molar-refractivity contribution < 1.29 is 9.21 Å². The second-order valence-electron chi connectivity index (χ2n) is 7.50. The number of hydrogen-bond donors (Lipinski definition) is 1. The largest absolute Gasteiger partial charge is 0.466 e. The van der Waals surface area contributed by atoms with Gasteiger partial charge in [-0.2, -0.15) is 0 Å². The van der Waals surface area contributed by atoms with Crippen LogP contribution in [0.3, 0.4) is 0 Å². The van der Waals surface area contributed by atoms with E-state index < -0.39 is 0 Å². The fourth-order valence-electron chi connectivity index (χ4n) is 3.39. The van der Waals surface area contributed by atoms with Gasteiger partial charge in [-0.1, -0.05) is 19.4 Å². The van der Waals surface area contributed by atoms with E-state index in [9.17, 15) is 4.79 Å². The van der Waals surface area contributed by atoms with E-state index in [0.717, 1.165) is 29.9 Å². The van der Waals surface area contributed by atoms with E-state index in [4.69, 9.17) is 4.42 Å². The quantitative estimate of drug-likeness (QED) is 0.851. The predicted molar refractivity (Wildman–Crippen MR) is 82.9 cm³/mol. The van der Waals surface area contributed by atoms with Crippen molar-refractivity contribution >= 4 is 5.91 Å². The van der Waals surface area contributed by atoms with Crippen molar-refractivity contribution in [1.82, 2.24) is 5.32 Å². The zero-order chi connectivity index (χ0) is 15.2. The van der Waals surface area contributed by atoms with Crippen LogP contribution in [0.5, 0.6) is 0 Å². The summed E-state index contributed by atoms with van der Waals surface area (Å²) in [6.07, 6.45) is 6.15. The van der Waals surface area contributed by atoms with E-state index in [1.807, 2.05) is 6.92 Å². The molecule has 3 rings (SSSR count). The third kappa shape index (κ3) is 3.22. The van der Waals surface area contributed by atoms with Crippen molar-refractivity contribution in [2.24, 2.45) is 11.3 Å². The molecule has 0 radical (unpaired) electrons. The highest BCUT2D eigenvalue weighted by molar-refractivity contribution is 5.88. The molecule has 1 saturated carbocycles. The number of hydrogen-bond acceptors (Lipinski definition) is 2. The Hall–Kier alpha value is -1.51. The van der Waals surface area contributed by atoms with Gasteiger partial charge < -0.3 is 9.73 Å². The van der Waals surface area contributed by atoms with E-state index in [2.05, 4.69) is 32.2 Å². The third-order valence-corrected chi connectivity index (χ3v) is 4.63. The van der Waals surface area contributed by atoms with Crippen LogP contribution in [-0.4, -0.2) is 5.91 Å². The molecule has 0 unspecified atom stereocenters. The van der Waals surface area contributed by atoms with Gasteiger partial charge in [0.2, 0.25) is 5.91 Å². The van der Waals surface area contributed by atoms with Gasteiger partial charge in [0.25, 0.3) is 0 Å². The van der Waals surface area contributed by atoms with Crippen LogP contribution in [0.15, 0.2) is 22.1 Å². The molecule has 21 heavy (non-hydrogen) atoms. The van der Waals surface area contributed by atoms with E-state index in [1.54, 1.807) is 6.08 Å². The van der Waals surface area contributed by atoms with Gasteiger partial charge in [0.05, 0.1) is 6.04 Å². The molecule has 2 aliphatic rings. The molecule has 1 amide bonds. The lowest BCUT2D eigenvalue weighted by atomic mass is 9.74. The summed E-state index contributed by atoms with van der Waals surface area (Å²) in [5.74, 6) is 2.65. The highest BCUT2D eigenvalue weighted by atomic mass is 16.3. The van der Waals surface area contributed by atoms with Gasteiger partial charge in [-0.25, -0.2) is 0 Å². The number of fused-ring (bicyclic) bond motifs is 1. The van der Waals surface area contributed by atoms with Crippen molar-refractivity contribution in [2.75, 3.05) is 0 Å². The Morgan fingerprint density at radius 3 is 2.81 bits per heavy atom. The third-order valence-electron chi connectivity index (χ3n) is 4.63. The summed E-state index contributed by atoms with van der Waals surface area (Å²) in [4.78, 5) is 12.3. The summed E-state index contributed by atoms with van der Waals surface area (Å²) >= 11 is 0. The number of carbonyl (C=O) groups excluding carboxylic acids is 1. The molecular weight excluding hydrogens is 262 g/mol. The van der Waals surface area contributed by atoms with Crippen LogP contribution in [0.4, 0.5) is 0 Å². The van der Waals surface area contributed by atoms with Crippen LogP contribution in [0.1, 0.15) is 63.2 Å². The molecule has 0 bridgehead atoms. The minimum absolute atomic E-state index is 0.0342. The Balaban J connectivity index is 1.77. The zero-order valence-corrected chi connectivity index (χ0v) is 13.5. The van der Waals surface area contributed by atoms with Crippen LogP contribution < -0.4 is 5.32 Å². The van der Waals surface area contributed by atoms with Gasteiger partial charge in [-0.15, -0.1) is 0 Å².